The molecule has 0 aliphatic carbocycles. The molecule has 1 amide bonds. The van der Waals surface area contributed by atoms with Gasteiger partial charge in [0.2, 0.25) is 5.91 Å². The number of piperazine rings is 1. The monoisotopic (exact) mass is 298 g/mol. The second-order valence-corrected chi connectivity index (χ2v) is 5.60. The Morgan fingerprint density at radius 1 is 1.05 bits per heavy atom. The lowest BCUT2D eigenvalue weighted by Crippen LogP contribution is -2.55. The molecule has 0 aromatic heterocycles. The maximum atomic E-state index is 13.0. The number of rotatable bonds is 3. The molecule has 0 unspecified atom stereocenters. The van der Waals surface area contributed by atoms with Crippen LogP contribution < -0.4 is 4.90 Å². The summed E-state index contributed by atoms with van der Waals surface area (Å²) in [6, 6.07) is 16.1. The number of nitrogens with zero attached hydrogens (tertiary/aromatic N) is 2. The van der Waals surface area contributed by atoms with Crippen LogP contribution in [0.25, 0.3) is 0 Å². The van der Waals surface area contributed by atoms with Gasteiger partial charge >= 0.3 is 0 Å². The first-order valence-electron chi connectivity index (χ1n) is 7.50. The van der Waals surface area contributed by atoms with E-state index in [2.05, 4.69) is 17.0 Å². The number of halogens is 1. The van der Waals surface area contributed by atoms with E-state index < -0.39 is 0 Å². The molecule has 2 aromatic carbocycles. The number of carbonyl (C=O) groups is 1. The molecule has 1 saturated heterocycles. The first kappa shape index (κ1) is 14.7. The van der Waals surface area contributed by atoms with Crippen LogP contribution in [0.3, 0.4) is 0 Å². The van der Waals surface area contributed by atoms with Crippen molar-refractivity contribution in [3.05, 3.63) is 66.0 Å². The third-order valence-electron chi connectivity index (χ3n) is 4.15. The van der Waals surface area contributed by atoms with Crippen LogP contribution in [0.2, 0.25) is 0 Å². The molecule has 4 heteroatoms. The maximum absolute atomic E-state index is 13.0. The molecule has 1 atom stereocenters. The molecule has 0 N–H and O–H groups in total. The SMILES string of the molecule is C[C@@H]1C(=O)N(c2ccc(F)cc2)CCN1Cc1ccccc1. The van der Waals surface area contributed by atoms with E-state index in [1.165, 1.54) is 17.7 Å². The normalized spacial score (nSPS) is 19.5. The predicted octanol–water partition coefficient (Wildman–Crippen LogP) is 3.06. The van der Waals surface area contributed by atoms with Crippen molar-refractivity contribution in [1.29, 1.82) is 0 Å². The molecule has 0 bridgehead atoms. The van der Waals surface area contributed by atoms with Crippen molar-refractivity contribution in [2.45, 2.75) is 19.5 Å². The van der Waals surface area contributed by atoms with Crippen LogP contribution in [0.5, 0.6) is 0 Å². The Bertz CT molecular complexity index is 642. The van der Waals surface area contributed by atoms with E-state index in [-0.39, 0.29) is 17.8 Å². The number of hydrogen-bond acceptors (Lipinski definition) is 2. The van der Waals surface area contributed by atoms with Crippen LogP contribution in [-0.4, -0.2) is 29.9 Å². The predicted molar refractivity (Wildman–Crippen MR) is 85.1 cm³/mol. The summed E-state index contributed by atoms with van der Waals surface area (Å²) in [6.07, 6.45) is 0. The van der Waals surface area contributed by atoms with Crippen molar-refractivity contribution in [3.8, 4) is 0 Å². The van der Waals surface area contributed by atoms with Crippen LogP contribution >= 0.6 is 0 Å². The van der Waals surface area contributed by atoms with E-state index >= 15 is 0 Å². The zero-order valence-electron chi connectivity index (χ0n) is 12.6. The molecule has 0 spiro atoms. The van der Waals surface area contributed by atoms with E-state index in [0.29, 0.717) is 6.54 Å². The van der Waals surface area contributed by atoms with Gasteiger partial charge in [-0.05, 0) is 36.8 Å². The van der Waals surface area contributed by atoms with Crippen LogP contribution in [0, 0.1) is 5.82 Å². The van der Waals surface area contributed by atoms with Gasteiger partial charge in [-0.15, -0.1) is 0 Å². The summed E-state index contributed by atoms with van der Waals surface area (Å²) in [5, 5.41) is 0. The Hall–Kier alpha value is -2.20. The molecule has 0 radical (unpaired) electrons. The van der Waals surface area contributed by atoms with Crippen molar-refractivity contribution in [3.63, 3.8) is 0 Å². The molecule has 0 saturated carbocycles. The summed E-state index contributed by atoms with van der Waals surface area (Å²) in [6.45, 7) is 4.13. The minimum absolute atomic E-state index is 0.0637. The molecule has 1 heterocycles. The van der Waals surface area contributed by atoms with E-state index in [4.69, 9.17) is 0 Å². The van der Waals surface area contributed by atoms with Crippen LogP contribution in [-0.2, 0) is 11.3 Å². The van der Waals surface area contributed by atoms with Crippen molar-refractivity contribution in [2.24, 2.45) is 0 Å². The van der Waals surface area contributed by atoms with E-state index in [1.807, 2.05) is 25.1 Å². The standard InChI is InChI=1S/C18H19FN2O/c1-14-18(22)21(17-9-7-16(19)8-10-17)12-11-20(14)13-15-5-3-2-4-6-15/h2-10,14H,11-13H2,1H3/t14-/m1/s1. The average Bonchev–Trinajstić information content (AvgIpc) is 2.54. The average molecular weight is 298 g/mol. The Balaban J connectivity index is 1.72. The zero-order chi connectivity index (χ0) is 15.5. The highest BCUT2D eigenvalue weighted by atomic mass is 19.1. The van der Waals surface area contributed by atoms with E-state index in [0.717, 1.165) is 18.8 Å². The Morgan fingerprint density at radius 2 is 1.73 bits per heavy atom. The fraction of sp³-hybridized carbons (Fsp3) is 0.278. The summed E-state index contributed by atoms with van der Waals surface area (Å²) in [4.78, 5) is 16.5. The molecule has 114 valence electrons. The summed E-state index contributed by atoms with van der Waals surface area (Å²) >= 11 is 0. The minimum atomic E-state index is -0.285. The van der Waals surface area contributed by atoms with Gasteiger partial charge in [-0.3, -0.25) is 9.69 Å². The lowest BCUT2D eigenvalue weighted by Gasteiger charge is -2.39. The summed E-state index contributed by atoms with van der Waals surface area (Å²) < 4.78 is 13.0. The molecule has 1 fully saturated rings. The number of benzene rings is 2. The number of amides is 1. The molecule has 2 aromatic rings. The largest absolute Gasteiger partial charge is 0.310 e. The van der Waals surface area contributed by atoms with Gasteiger partial charge in [0.1, 0.15) is 5.82 Å². The third-order valence-corrected chi connectivity index (χ3v) is 4.15. The van der Waals surface area contributed by atoms with Crippen molar-refractivity contribution in [2.75, 3.05) is 18.0 Å². The molecule has 22 heavy (non-hydrogen) atoms. The van der Waals surface area contributed by atoms with Gasteiger partial charge in [0, 0.05) is 25.3 Å². The topological polar surface area (TPSA) is 23.6 Å². The highest BCUT2D eigenvalue weighted by molar-refractivity contribution is 5.97. The van der Waals surface area contributed by atoms with Gasteiger partial charge in [0.05, 0.1) is 6.04 Å². The quantitative estimate of drug-likeness (QED) is 0.869. The van der Waals surface area contributed by atoms with Gasteiger partial charge in [-0.2, -0.15) is 0 Å². The van der Waals surface area contributed by atoms with Crippen LogP contribution in [0.15, 0.2) is 54.6 Å². The summed E-state index contributed by atoms with van der Waals surface area (Å²) in [5.41, 5.74) is 1.97. The van der Waals surface area contributed by atoms with Crippen molar-refractivity contribution in [1.82, 2.24) is 4.90 Å². The molecular formula is C18H19FN2O. The van der Waals surface area contributed by atoms with Crippen molar-refractivity contribution < 1.29 is 9.18 Å². The lowest BCUT2D eigenvalue weighted by atomic mass is 10.1. The molecule has 1 aliphatic rings. The number of anilines is 1. The number of carbonyl (C=O) groups excluding carboxylic acids is 1. The maximum Gasteiger partial charge on any atom is 0.244 e. The molecule has 3 rings (SSSR count). The first-order valence-corrected chi connectivity index (χ1v) is 7.50. The molecule has 3 nitrogen and oxygen atoms in total. The van der Waals surface area contributed by atoms with Gasteiger partial charge in [0.15, 0.2) is 0 Å². The summed E-state index contributed by atoms with van der Waals surface area (Å²) in [7, 11) is 0. The third kappa shape index (κ3) is 3.02. The molecular weight excluding hydrogens is 279 g/mol. The lowest BCUT2D eigenvalue weighted by molar-refractivity contribution is -0.125. The van der Waals surface area contributed by atoms with Crippen LogP contribution in [0.1, 0.15) is 12.5 Å². The van der Waals surface area contributed by atoms with Gasteiger partial charge < -0.3 is 4.90 Å². The summed E-state index contributed by atoms with van der Waals surface area (Å²) in [5.74, 6) is -0.222. The van der Waals surface area contributed by atoms with Crippen molar-refractivity contribution >= 4 is 11.6 Å². The highest BCUT2D eigenvalue weighted by Gasteiger charge is 2.32. The zero-order valence-corrected chi connectivity index (χ0v) is 12.6. The minimum Gasteiger partial charge on any atom is -0.310 e. The van der Waals surface area contributed by atoms with E-state index in [1.54, 1.807) is 17.0 Å². The number of hydrogen-bond donors (Lipinski definition) is 0. The Morgan fingerprint density at radius 3 is 2.41 bits per heavy atom. The smallest absolute Gasteiger partial charge is 0.244 e. The molecule has 1 aliphatic heterocycles. The van der Waals surface area contributed by atoms with Gasteiger partial charge in [0.25, 0.3) is 0 Å². The van der Waals surface area contributed by atoms with Crippen LogP contribution in [0.4, 0.5) is 10.1 Å². The fourth-order valence-electron chi connectivity index (χ4n) is 2.83. The second kappa shape index (κ2) is 6.28. The second-order valence-electron chi connectivity index (χ2n) is 5.60. The Kier molecular flexibility index (Phi) is 4.20. The highest BCUT2D eigenvalue weighted by Crippen LogP contribution is 2.22. The van der Waals surface area contributed by atoms with Gasteiger partial charge in [-0.1, -0.05) is 30.3 Å². The first-order chi connectivity index (χ1) is 10.6. The fourth-order valence-corrected chi connectivity index (χ4v) is 2.83. The van der Waals surface area contributed by atoms with E-state index in [9.17, 15) is 9.18 Å². The van der Waals surface area contributed by atoms with Gasteiger partial charge in [-0.25, -0.2) is 4.39 Å². The Labute approximate surface area is 130 Å².